The summed E-state index contributed by atoms with van der Waals surface area (Å²) >= 11 is 0. The van der Waals surface area contributed by atoms with Gasteiger partial charge in [-0.05, 0) is 18.1 Å². The van der Waals surface area contributed by atoms with Crippen molar-refractivity contribution < 1.29 is 19.1 Å². The Hall–Kier alpha value is -2.77. The highest BCUT2D eigenvalue weighted by Crippen LogP contribution is 2.32. The Labute approximate surface area is 146 Å². The van der Waals surface area contributed by atoms with Crippen molar-refractivity contribution in [2.45, 2.75) is 20.0 Å². The van der Waals surface area contributed by atoms with Crippen LogP contribution in [0.25, 0.3) is 0 Å². The summed E-state index contributed by atoms with van der Waals surface area (Å²) in [6, 6.07) is 6.64. The molecule has 2 rings (SSSR count). The van der Waals surface area contributed by atoms with Crippen LogP contribution in [0.4, 0.5) is 10.5 Å². The Balaban J connectivity index is 2.03. The molecule has 0 aromatic heterocycles. The fraction of sp³-hybridized carbons (Fsp3) is 0.471. The van der Waals surface area contributed by atoms with E-state index in [2.05, 4.69) is 16.0 Å². The fourth-order valence-electron chi connectivity index (χ4n) is 2.43. The summed E-state index contributed by atoms with van der Waals surface area (Å²) in [5.41, 5.74) is 0.709. The van der Waals surface area contributed by atoms with Gasteiger partial charge >= 0.3 is 6.03 Å². The quantitative estimate of drug-likeness (QED) is 0.719. The molecule has 0 bridgehead atoms. The normalized spacial score (nSPS) is 15.8. The Morgan fingerprint density at radius 1 is 1.28 bits per heavy atom. The lowest BCUT2D eigenvalue weighted by Crippen LogP contribution is -2.52. The number of rotatable bonds is 5. The molecular weight excluding hydrogens is 324 g/mol. The second-order valence-corrected chi connectivity index (χ2v) is 6.22. The minimum atomic E-state index is -0.720. The van der Waals surface area contributed by atoms with Gasteiger partial charge in [-0.15, -0.1) is 0 Å². The zero-order valence-electron chi connectivity index (χ0n) is 14.7. The second-order valence-electron chi connectivity index (χ2n) is 6.22. The largest absolute Gasteiger partial charge is 0.477 e. The smallest absolute Gasteiger partial charge is 0.321 e. The molecule has 0 fully saturated rings. The van der Waals surface area contributed by atoms with E-state index in [1.165, 1.54) is 7.05 Å². The van der Waals surface area contributed by atoms with Gasteiger partial charge in [0.2, 0.25) is 5.91 Å². The zero-order chi connectivity index (χ0) is 18.4. The van der Waals surface area contributed by atoms with Crippen molar-refractivity contribution >= 4 is 23.5 Å². The van der Waals surface area contributed by atoms with Gasteiger partial charge in [-0.25, -0.2) is 4.79 Å². The minimum Gasteiger partial charge on any atom is -0.477 e. The summed E-state index contributed by atoms with van der Waals surface area (Å²) in [6.45, 7) is 4.58. The molecule has 0 saturated carbocycles. The molecule has 8 nitrogen and oxygen atoms in total. The van der Waals surface area contributed by atoms with Crippen molar-refractivity contribution in [2.24, 2.45) is 5.92 Å². The van der Waals surface area contributed by atoms with Crippen LogP contribution in [0.3, 0.4) is 0 Å². The standard InChI is InChI=1S/C17H24N4O4/c1-11(2)8-19-17(24)20-15(22)10-21-9-14(16(23)18-3)25-13-7-5-4-6-12(13)21/h4-7,11,14H,8-10H2,1-3H3,(H,18,23)(H2,19,20,22,24). The summed E-state index contributed by atoms with van der Waals surface area (Å²) in [5.74, 6) is 0.0999. The van der Waals surface area contributed by atoms with E-state index in [-0.39, 0.29) is 19.0 Å². The van der Waals surface area contributed by atoms with E-state index in [9.17, 15) is 14.4 Å². The van der Waals surface area contributed by atoms with Crippen LogP contribution in [-0.2, 0) is 9.59 Å². The molecular formula is C17H24N4O4. The third kappa shape index (κ3) is 5.10. The molecule has 1 unspecified atom stereocenters. The van der Waals surface area contributed by atoms with Crippen molar-refractivity contribution in [2.75, 3.05) is 31.6 Å². The van der Waals surface area contributed by atoms with Crippen molar-refractivity contribution in [1.29, 1.82) is 0 Å². The van der Waals surface area contributed by atoms with E-state index in [4.69, 9.17) is 4.74 Å². The highest BCUT2D eigenvalue weighted by atomic mass is 16.5. The average Bonchev–Trinajstić information content (AvgIpc) is 2.59. The molecule has 0 spiro atoms. The molecule has 1 atom stereocenters. The number of likely N-dealkylation sites (N-methyl/N-ethyl adjacent to an activating group) is 1. The summed E-state index contributed by atoms with van der Waals surface area (Å²) in [5, 5.41) is 7.47. The van der Waals surface area contributed by atoms with Crippen LogP contribution in [0, 0.1) is 5.92 Å². The third-order valence-corrected chi connectivity index (χ3v) is 3.66. The summed E-state index contributed by atoms with van der Waals surface area (Å²) in [6.07, 6.45) is -0.720. The van der Waals surface area contributed by atoms with Gasteiger partial charge < -0.3 is 20.3 Å². The minimum absolute atomic E-state index is 0.0526. The number of anilines is 1. The van der Waals surface area contributed by atoms with Crippen molar-refractivity contribution in [3.8, 4) is 5.75 Å². The average molecular weight is 348 g/mol. The molecule has 0 radical (unpaired) electrons. The zero-order valence-corrected chi connectivity index (χ0v) is 14.7. The highest BCUT2D eigenvalue weighted by molar-refractivity contribution is 5.97. The molecule has 0 aliphatic carbocycles. The molecule has 1 aliphatic rings. The van der Waals surface area contributed by atoms with Gasteiger partial charge in [0.1, 0.15) is 5.75 Å². The predicted octanol–water partition coefficient (Wildman–Crippen LogP) is 0.482. The number of carbonyl (C=O) groups is 3. The van der Waals surface area contributed by atoms with Crippen LogP contribution in [0.5, 0.6) is 5.75 Å². The maximum atomic E-state index is 12.2. The number of benzene rings is 1. The van der Waals surface area contributed by atoms with Crippen LogP contribution in [-0.4, -0.2) is 50.6 Å². The molecule has 4 amide bonds. The lowest BCUT2D eigenvalue weighted by Gasteiger charge is -2.34. The number of nitrogens with zero attached hydrogens (tertiary/aromatic N) is 1. The first kappa shape index (κ1) is 18.6. The predicted molar refractivity (Wildman–Crippen MR) is 93.5 cm³/mol. The Bertz CT molecular complexity index is 647. The van der Waals surface area contributed by atoms with Gasteiger partial charge in [0.25, 0.3) is 5.91 Å². The first-order valence-corrected chi connectivity index (χ1v) is 8.20. The molecule has 1 aromatic carbocycles. The fourth-order valence-corrected chi connectivity index (χ4v) is 2.43. The number of amides is 4. The van der Waals surface area contributed by atoms with Crippen LogP contribution in [0.1, 0.15) is 13.8 Å². The Morgan fingerprint density at radius 2 is 2.00 bits per heavy atom. The van der Waals surface area contributed by atoms with Crippen molar-refractivity contribution in [1.82, 2.24) is 16.0 Å². The van der Waals surface area contributed by atoms with Crippen LogP contribution >= 0.6 is 0 Å². The van der Waals surface area contributed by atoms with Gasteiger partial charge in [-0.2, -0.15) is 0 Å². The van der Waals surface area contributed by atoms with Crippen molar-refractivity contribution in [3.63, 3.8) is 0 Å². The van der Waals surface area contributed by atoms with E-state index < -0.39 is 18.0 Å². The molecule has 3 N–H and O–H groups in total. The molecule has 1 aromatic rings. The number of imide groups is 1. The van der Waals surface area contributed by atoms with E-state index in [1.54, 1.807) is 17.0 Å². The number of ether oxygens (including phenoxy) is 1. The van der Waals surface area contributed by atoms with Gasteiger partial charge in [-0.3, -0.25) is 14.9 Å². The number of hydrogen-bond acceptors (Lipinski definition) is 5. The van der Waals surface area contributed by atoms with Gasteiger partial charge in [0, 0.05) is 13.6 Å². The van der Waals surface area contributed by atoms with Crippen molar-refractivity contribution in [3.05, 3.63) is 24.3 Å². The molecule has 136 valence electrons. The van der Waals surface area contributed by atoms with Gasteiger partial charge in [0.05, 0.1) is 18.8 Å². The van der Waals surface area contributed by atoms with Gasteiger partial charge in [-0.1, -0.05) is 26.0 Å². The summed E-state index contributed by atoms with van der Waals surface area (Å²) < 4.78 is 5.68. The van der Waals surface area contributed by atoms with E-state index >= 15 is 0 Å². The molecule has 0 saturated heterocycles. The summed E-state index contributed by atoms with van der Waals surface area (Å²) in [4.78, 5) is 37.5. The summed E-state index contributed by atoms with van der Waals surface area (Å²) in [7, 11) is 1.53. The Morgan fingerprint density at radius 3 is 2.68 bits per heavy atom. The number of para-hydroxylation sites is 2. The number of fused-ring (bicyclic) bond motifs is 1. The van der Waals surface area contributed by atoms with E-state index in [0.29, 0.717) is 23.9 Å². The second kappa shape index (κ2) is 8.36. The molecule has 1 aliphatic heterocycles. The van der Waals surface area contributed by atoms with Crippen LogP contribution in [0.15, 0.2) is 24.3 Å². The highest BCUT2D eigenvalue weighted by Gasteiger charge is 2.31. The molecule has 1 heterocycles. The number of carbonyl (C=O) groups excluding carboxylic acids is 3. The first-order chi connectivity index (χ1) is 11.9. The van der Waals surface area contributed by atoms with Crippen LogP contribution in [0.2, 0.25) is 0 Å². The molecule has 8 heteroatoms. The van der Waals surface area contributed by atoms with Gasteiger partial charge in [0.15, 0.2) is 6.10 Å². The number of nitrogens with one attached hydrogen (secondary N) is 3. The monoisotopic (exact) mass is 348 g/mol. The maximum absolute atomic E-state index is 12.2. The number of urea groups is 1. The lowest BCUT2D eigenvalue weighted by atomic mass is 10.1. The van der Waals surface area contributed by atoms with Crippen LogP contribution < -0.4 is 25.6 Å². The Kier molecular flexibility index (Phi) is 6.21. The lowest BCUT2D eigenvalue weighted by molar-refractivity contribution is -0.127. The number of hydrogen-bond donors (Lipinski definition) is 3. The van der Waals surface area contributed by atoms with E-state index in [1.807, 2.05) is 26.0 Å². The topological polar surface area (TPSA) is 99.8 Å². The first-order valence-electron chi connectivity index (χ1n) is 8.20. The van der Waals surface area contributed by atoms with E-state index in [0.717, 1.165) is 0 Å². The molecule has 25 heavy (non-hydrogen) atoms. The SMILES string of the molecule is CNC(=O)C1CN(CC(=O)NC(=O)NCC(C)C)c2ccccc2O1. The third-order valence-electron chi connectivity index (χ3n) is 3.66. The maximum Gasteiger partial charge on any atom is 0.321 e.